The second kappa shape index (κ2) is 9.79. The Labute approximate surface area is 220 Å². The Morgan fingerprint density at radius 2 is 1.69 bits per heavy atom. The Hall–Kier alpha value is -4.86. The Morgan fingerprint density at radius 1 is 0.974 bits per heavy atom. The summed E-state index contributed by atoms with van der Waals surface area (Å²) in [6.07, 6.45) is -0.981. The van der Waals surface area contributed by atoms with Crippen LogP contribution in [0.15, 0.2) is 101 Å². The predicted molar refractivity (Wildman–Crippen MR) is 139 cm³/mol. The van der Waals surface area contributed by atoms with Crippen molar-refractivity contribution >= 4 is 28.1 Å². The van der Waals surface area contributed by atoms with Crippen molar-refractivity contribution in [3.05, 3.63) is 107 Å². The number of halogens is 3. The highest BCUT2D eigenvalue weighted by atomic mass is 19.4. The molecule has 2 unspecified atom stereocenters. The molecule has 10 heteroatoms. The van der Waals surface area contributed by atoms with Crippen LogP contribution in [0.4, 0.5) is 18.9 Å². The number of aromatic nitrogens is 1. The number of carboxylic acid groups (broad SMARTS) is 1. The smallest absolute Gasteiger partial charge is 0.416 e. The third-order valence-corrected chi connectivity index (χ3v) is 6.60. The molecule has 4 aromatic rings. The van der Waals surface area contributed by atoms with E-state index in [9.17, 15) is 33.3 Å². The number of hydrogen-bond donors (Lipinski definition) is 3. The fraction of sp³-hybridized carbons (Fsp3) is 0.138. The van der Waals surface area contributed by atoms with Crippen LogP contribution in [0.25, 0.3) is 22.2 Å². The molecule has 0 amide bonds. The van der Waals surface area contributed by atoms with Crippen LogP contribution in [-0.2, 0) is 6.18 Å². The SMILES string of the molecule is CC1C=CC(c2cccc(C(=O)O)c2)=C(O)C1N=Nc1c(O)n(-c2ccc(C(F)(F)F)cc2)c2ccccc12. The zero-order chi connectivity index (χ0) is 27.9. The lowest BCUT2D eigenvalue weighted by atomic mass is 9.88. The van der Waals surface area contributed by atoms with Gasteiger partial charge in [-0.25, -0.2) is 4.79 Å². The molecule has 7 nitrogen and oxygen atoms in total. The highest BCUT2D eigenvalue weighted by Gasteiger charge is 2.31. The van der Waals surface area contributed by atoms with E-state index in [0.29, 0.717) is 27.7 Å². The molecule has 0 aliphatic heterocycles. The van der Waals surface area contributed by atoms with Crippen molar-refractivity contribution < 1.29 is 33.3 Å². The zero-order valence-electron chi connectivity index (χ0n) is 20.5. The number of benzene rings is 3. The van der Waals surface area contributed by atoms with E-state index in [1.807, 2.05) is 13.0 Å². The summed E-state index contributed by atoms with van der Waals surface area (Å²) in [5, 5.41) is 40.7. The topological polar surface area (TPSA) is 107 Å². The molecule has 0 fully saturated rings. The quantitative estimate of drug-likeness (QED) is 0.229. The van der Waals surface area contributed by atoms with Crippen LogP contribution in [0, 0.1) is 5.92 Å². The second-order valence-electron chi connectivity index (χ2n) is 9.13. The highest BCUT2D eigenvalue weighted by Crippen LogP contribution is 2.42. The number of aliphatic hydroxyl groups excluding tert-OH is 1. The summed E-state index contributed by atoms with van der Waals surface area (Å²) in [7, 11) is 0. The van der Waals surface area contributed by atoms with Gasteiger partial charge in [-0.2, -0.15) is 18.3 Å². The Kier molecular flexibility index (Phi) is 6.47. The number of carboxylic acids is 1. The van der Waals surface area contributed by atoms with Crippen molar-refractivity contribution in [3.8, 4) is 11.6 Å². The van der Waals surface area contributed by atoms with Crippen LogP contribution in [0.2, 0.25) is 0 Å². The summed E-state index contributed by atoms with van der Waals surface area (Å²) in [4.78, 5) is 11.4. The van der Waals surface area contributed by atoms with Gasteiger partial charge < -0.3 is 15.3 Å². The first-order chi connectivity index (χ1) is 18.6. The molecule has 0 saturated heterocycles. The van der Waals surface area contributed by atoms with E-state index in [0.717, 1.165) is 12.1 Å². The molecule has 0 bridgehead atoms. The first-order valence-corrected chi connectivity index (χ1v) is 11.9. The maximum Gasteiger partial charge on any atom is 0.416 e. The van der Waals surface area contributed by atoms with Crippen molar-refractivity contribution in [1.29, 1.82) is 0 Å². The minimum absolute atomic E-state index is 0.0685. The lowest BCUT2D eigenvalue weighted by molar-refractivity contribution is -0.137. The molecule has 1 aliphatic carbocycles. The number of nitrogens with zero attached hydrogens (tertiary/aromatic N) is 3. The van der Waals surface area contributed by atoms with Gasteiger partial charge in [0.1, 0.15) is 11.8 Å². The van der Waals surface area contributed by atoms with Gasteiger partial charge in [0, 0.05) is 22.6 Å². The fourth-order valence-electron chi connectivity index (χ4n) is 4.56. The molecular formula is C29H22F3N3O4. The van der Waals surface area contributed by atoms with Crippen LogP contribution in [0.3, 0.4) is 0 Å². The Bertz CT molecular complexity index is 1670. The van der Waals surface area contributed by atoms with Gasteiger partial charge in [-0.05, 0) is 48.0 Å². The number of aromatic hydroxyl groups is 1. The number of rotatable bonds is 5. The number of fused-ring (bicyclic) bond motifs is 1. The summed E-state index contributed by atoms with van der Waals surface area (Å²) in [5.41, 5.74) is 1.05. The van der Waals surface area contributed by atoms with E-state index in [-0.39, 0.29) is 28.8 Å². The van der Waals surface area contributed by atoms with Gasteiger partial charge >= 0.3 is 12.1 Å². The average Bonchev–Trinajstić information content (AvgIpc) is 3.19. The number of para-hydroxylation sites is 1. The average molecular weight is 534 g/mol. The molecule has 1 heterocycles. The largest absolute Gasteiger partial charge is 0.509 e. The van der Waals surface area contributed by atoms with Gasteiger partial charge in [-0.1, -0.05) is 49.4 Å². The fourth-order valence-corrected chi connectivity index (χ4v) is 4.56. The first kappa shape index (κ1) is 25.8. The number of aromatic carboxylic acids is 1. The molecule has 0 spiro atoms. The molecular weight excluding hydrogens is 511 g/mol. The summed E-state index contributed by atoms with van der Waals surface area (Å²) in [6.45, 7) is 1.83. The van der Waals surface area contributed by atoms with Crippen molar-refractivity contribution in [1.82, 2.24) is 4.57 Å². The van der Waals surface area contributed by atoms with E-state index in [2.05, 4.69) is 10.2 Å². The lowest BCUT2D eigenvalue weighted by Crippen LogP contribution is -2.20. The summed E-state index contributed by atoms with van der Waals surface area (Å²) in [6, 6.07) is 16.6. The van der Waals surface area contributed by atoms with E-state index >= 15 is 0 Å². The third-order valence-electron chi connectivity index (χ3n) is 6.60. The number of hydrogen-bond acceptors (Lipinski definition) is 5. The van der Waals surface area contributed by atoms with Gasteiger partial charge in [0.15, 0.2) is 5.69 Å². The molecule has 0 saturated carbocycles. The second-order valence-corrected chi connectivity index (χ2v) is 9.13. The summed E-state index contributed by atoms with van der Waals surface area (Å²) >= 11 is 0. The maximum atomic E-state index is 13.1. The Morgan fingerprint density at radius 3 is 2.38 bits per heavy atom. The van der Waals surface area contributed by atoms with Crippen molar-refractivity contribution in [2.24, 2.45) is 16.1 Å². The number of carbonyl (C=O) groups is 1. The number of allylic oxidation sites excluding steroid dienone is 2. The first-order valence-electron chi connectivity index (χ1n) is 11.9. The van der Waals surface area contributed by atoms with Gasteiger partial charge in [0.05, 0.1) is 16.6 Å². The molecule has 1 aliphatic rings. The molecule has 0 radical (unpaired) electrons. The molecule has 3 N–H and O–H groups in total. The summed E-state index contributed by atoms with van der Waals surface area (Å²) < 4.78 is 40.5. The molecule has 5 rings (SSSR count). The molecule has 198 valence electrons. The van der Waals surface area contributed by atoms with Crippen molar-refractivity contribution in [2.75, 3.05) is 0 Å². The molecule has 39 heavy (non-hydrogen) atoms. The van der Waals surface area contributed by atoms with E-state index in [1.165, 1.54) is 28.8 Å². The van der Waals surface area contributed by atoms with Gasteiger partial charge in [0.2, 0.25) is 5.88 Å². The molecule has 3 aromatic carbocycles. The predicted octanol–water partition coefficient (Wildman–Crippen LogP) is 7.68. The van der Waals surface area contributed by atoms with Crippen molar-refractivity contribution in [2.45, 2.75) is 19.1 Å². The van der Waals surface area contributed by atoms with Crippen LogP contribution in [-0.4, -0.2) is 31.9 Å². The highest BCUT2D eigenvalue weighted by molar-refractivity contribution is 5.96. The third kappa shape index (κ3) is 4.76. The zero-order valence-corrected chi connectivity index (χ0v) is 20.5. The number of alkyl halides is 3. The van der Waals surface area contributed by atoms with Gasteiger partial charge in [-0.3, -0.25) is 4.57 Å². The van der Waals surface area contributed by atoms with Crippen molar-refractivity contribution in [3.63, 3.8) is 0 Å². The maximum absolute atomic E-state index is 13.1. The van der Waals surface area contributed by atoms with Crippen LogP contribution in [0.5, 0.6) is 5.88 Å². The minimum atomic E-state index is -4.49. The number of aliphatic hydroxyl groups is 1. The Balaban J connectivity index is 1.56. The van der Waals surface area contributed by atoms with E-state index in [1.54, 1.807) is 42.5 Å². The standard InChI is InChI=1S/C29H22F3N3O4/c1-16-9-14-21(17-5-4-6-18(15-17)28(38)39)26(36)24(16)33-34-25-22-7-2-3-8-23(22)35(27(25)37)20-12-10-19(11-13-20)29(30,31)32/h2-16,24,36-37H,1H3,(H,38,39). The summed E-state index contributed by atoms with van der Waals surface area (Å²) in [5.74, 6) is -1.80. The van der Waals surface area contributed by atoms with E-state index in [4.69, 9.17) is 0 Å². The van der Waals surface area contributed by atoms with Crippen LogP contribution >= 0.6 is 0 Å². The van der Waals surface area contributed by atoms with Gasteiger partial charge in [0.25, 0.3) is 0 Å². The van der Waals surface area contributed by atoms with Gasteiger partial charge in [-0.15, -0.1) is 5.11 Å². The molecule has 2 atom stereocenters. The normalized spacial score (nSPS) is 17.8. The van der Waals surface area contributed by atoms with E-state index < -0.39 is 23.8 Å². The molecule has 1 aromatic heterocycles. The minimum Gasteiger partial charge on any atom is -0.509 e. The van der Waals surface area contributed by atoms with Crippen LogP contribution < -0.4 is 0 Å². The number of azo groups is 1. The monoisotopic (exact) mass is 533 g/mol. The lowest BCUT2D eigenvalue weighted by Gasteiger charge is -2.22. The van der Waals surface area contributed by atoms with Crippen LogP contribution in [0.1, 0.15) is 28.4 Å².